The highest BCUT2D eigenvalue weighted by Crippen LogP contribution is 2.18. The average molecular weight is 440 g/mol. The number of guanidine groups is 1. The summed E-state index contributed by atoms with van der Waals surface area (Å²) in [5.74, 6) is 1.76. The fraction of sp³-hybridized carbons (Fsp3) is 0.444. The molecule has 0 spiro atoms. The van der Waals surface area contributed by atoms with E-state index in [0.717, 1.165) is 49.9 Å². The van der Waals surface area contributed by atoms with Crippen LogP contribution in [0, 0.1) is 0 Å². The lowest BCUT2D eigenvalue weighted by Gasteiger charge is -2.31. The molecule has 2 aromatic rings. The summed E-state index contributed by atoms with van der Waals surface area (Å²) in [7, 11) is 0. The molecule has 24 heavy (non-hydrogen) atoms. The van der Waals surface area contributed by atoms with E-state index in [2.05, 4.69) is 53.5 Å². The van der Waals surface area contributed by atoms with Crippen LogP contribution in [0.1, 0.15) is 36.4 Å². The Bertz CT molecular complexity index is 683. The number of halogens is 1. The number of aromatic nitrogens is 1. The molecule has 1 aliphatic rings. The molecule has 1 N–H and O–H groups in total. The van der Waals surface area contributed by atoms with Gasteiger partial charge in [-0.3, -0.25) is 0 Å². The first kappa shape index (κ1) is 18.8. The Morgan fingerprint density at radius 1 is 1.29 bits per heavy atom. The lowest BCUT2D eigenvalue weighted by atomic mass is 10.0. The highest BCUT2D eigenvalue weighted by molar-refractivity contribution is 14.0. The fourth-order valence-corrected chi connectivity index (χ4v) is 2.85. The fourth-order valence-electron chi connectivity index (χ4n) is 2.85. The zero-order chi connectivity index (χ0) is 16.1. The van der Waals surface area contributed by atoms with Gasteiger partial charge >= 0.3 is 0 Å². The standard InChI is InChI=1S/C18H24N4O.HI/c1-3-16-11-17(23-21-16)12-20-18(19-4-2)22-10-9-14-7-5-6-8-15(14)13-22;/h5-8,11H,3-4,9-10,12-13H2,1-2H3,(H,19,20);1H. The van der Waals surface area contributed by atoms with Gasteiger partial charge < -0.3 is 14.7 Å². The predicted octanol–water partition coefficient (Wildman–Crippen LogP) is 3.38. The highest BCUT2D eigenvalue weighted by atomic mass is 127. The summed E-state index contributed by atoms with van der Waals surface area (Å²) in [5, 5.41) is 7.41. The van der Waals surface area contributed by atoms with Gasteiger partial charge in [-0.05, 0) is 30.9 Å². The molecule has 5 nitrogen and oxygen atoms in total. The number of aliphatic imine (C=N–C) groups is 1. The van der Waals surface area contributed by atoms with E-state index in [4.69, 9.17) is 9.52 Å². The molecule has 0 saturated carbocycles. The molecule has 0 unspecified atom stereocenters. The van der Waals surface area contributed by atoms with Gasteiger partial charge in [0.05, 0.1) is 5.69 Å². The van der Waals surface area contributed by atoms with Crippen LogP contribution in [0.25, 0.3) is 0 Å². The minimum Gasteiger partial charge on any atom is -0.359 e. The Morgan fingerprint density at radius 3 is 2.79 bits per heavy atom. The summed E-state index contributed by atoms with van der Waals surface area (Å²) in [6, 6.07) is 10.6. The molecule has 0 amide bonds. The monoisotopic (exact) mass is 440 g/mol. The summed E-state index contributed by atoms with van der Waals surface area (Å²) < 4.78 is 5.32. The van der Waals surface area contributed by atoms with Gasteiger partial charge in [0, 0.05) is 25.7 Å². The number of nitrogens with zero attached hydrogens (tertiary/aromatic N) is 3. The first-order chi connectivity index (χ1) is 11.3. The van der Waals surface area contributed by atoms with Gasteiger partial charge in [-0.15, -0.1) is 24.0 Å². The minimum atomic E-state index is 0. The van der Waals surface area contributed by atoms with Crippen molar-refractivity contribution in [1.82, 2.24) is 15.4 Å². The van der Waals surface area contributed by atoms with Gasteiger partial charge in [0.2, 0.25) is 0 Å². The molecule has 0 fully saturated rings. The van der Waals surface area contributed by atoms with Gasteiger partial charge in [-0.2, -0.15) is 0 Å². The number of nitrogens with one attached hydrogen (secondary N) is 1. The van der Waals surface area contributed by atoms with Gasteiger partial charge in [0.15, 0.2) is 11.7 Å². The number of rotatable bonds is 4. The minimum absolute atomic E-state index is 0. The maximum absolute atomic E-state index is 5.32. The van der Waals surface area contributed by atoms with Crippen LogP contribution in [-0.2, 0) is 25.9 Å². The Labute approximate surface area is 160 Å². The first-order valence-electron chi connectivity index (χ1n) is 8.34. The van der Waals surface area contributed by atoms with E-state index in [1.165, 1.54) is 11.1 Å². The van der Waals surface area contributed by atoms with Gasteiger partial charge in [-0.25, -0.2) is 4.99 Å². The molecule has 0 saturated heterocycles. The smallest absolute Gasteiger partial charge is 0.194 e. The van der Waals surface area contributed by atoms with Crippen LogP contribution in [0.4, 0.5) is 0 Å². The molecule has 3 rings (SSSR count). The van der Waals surface area contributed by atoms with Crippen molar-refractivity contribution in [3.8, 4) is 0 Å². The molecular weight excluding hydrogens is 415 g/mol. The number of hydrogen-bond donors (Lipinski definition) is 1. The molecule has 1 aliphatic heterocycles. The molecule has 1 aromatic heterocycles. The Morgan fingerprint density at radius 2 is 2.08 bits per heavy atom. The quantitative estimate of drug-likeness (QED) is 0.450. The third-order valence-electron chi connectivity index (χ3n) is 4.12. The number of fused-ring (bicyclic) bond motifs is 1. The molecule has 0 radical (unpaired) electrons. The van der Waals surface area contributed by atoms with E-state index in [0.29, 0.717) is 6.54 Å². The number of hydrogen-bond acceptors (Lipinski definition) is 3. The van der Waals surface area contributed by atoms with Crippen LogP contribution in [0.5, 0.6) is 0 Å². The summed E-state index contributed by atoms with van der Waals surface area (Å²) in [5.41, 5.74) is 3.81. The zero-order valence-corrected chi connectivity index (χ0v) is 16.6. The molecule has 6 heteroatoms. The van der Waals surface area contributed by atoms with Crippen LogP contribution in [0.3, 0.4) is 0 Å². The molecule has 0 atom stereocenters. The highest BCUT2D eigenvalue weighted by Gasteiger charge is 2.18. The lowest BCUT2D eigenvalue weighted by molar-refractivity contribution is 0.367. The third kappa shape index (κ3) is 4.49. The van der Waals surface area contributed by atoms with Crippen LogP contribution >= 0.6 is 24.0 Å². The normalized spacial score (nSPS) is 14.1. The van der Waals surface area contributed by atoms with Crippen molar-refractivity contribution in [1.29, 1.82) is 0 Å². The topological polar surface area (TPSA) is 53.7 Å². The molecule has 0 aliphatic carbocycles. The maximum Gasteiger partial charge on any atom is 0.194 e. The SMILES string of the molecule is CCNC(=NCc1cc(CC)no1)N1CCc2ccccc2C1.I. The second-order valence-electron chi connectivity index (χ2n) is 5.75. The van der Waals surface area contributed by atoms with Gasteiger partial charge in [-0.1, -0.05) is 36.3 Å². The summed E-state index contributed by atoms with van der Waals surface area (Å²) in [4.78, 5) is 7.03. The van der Waals surface area contributed by atoms with Crippen molar-refractivity contribution < 1.29 is 4.52 Å². The van der Waals surface area contributed by atoms with Crippen LogP contribution in [0.15, 0.2) is 39.8 Å². The maximum atomic E-state index is 5.32. The summed E-state index contributed by atoms with van der Waals surface area (Å²) in [6.45, 7) is 7.43. The zero-order valence-electron chi connectivity index (χ0n) is 14.3. The van der Waals surface area contributed by atoms with Crippen molar-refractivity contribution >= 4 is 29.9 Å². The molecule has 2 heterocycles. The predicted molar refractivity (Wildman–Crippen MR) is 107 cm³/mol. The van der Waals surface area contributed by atoms with Gasteiger partial charge in [0.1, 0.15) is 6.54 Å². The van der Waals surface area contributed by atoms with Crippen LogP contribution < -0.4 is 5.32 Å². The Hall–Kier alpha value is -1.57. The molecule has 0 bridgehead atoms. The summed E-state index contributed by atoms with van der Waals surface area (Å²) in [6.07, 6.45) is 1.94. The number of aryl methyl sites for hydroxylation is 1. The van der Waals surface area contributed by atoms with E-state index in [1.807, 2.05) is 6.07 Å². The van der Waals surface area contributed by atoms with E-state index in [-0.39, 0.29) is 24.0 Å². The average Bonchev–Trinajstić information content (AvgIpc) is 3.06. The van der Waals surface area contributed by atoms with Crippen molar-refractivity contribution in [2.75, 3.05) is 13.1 Å². The molecular formula is C18H25IN4O. The third-order valence-corrected chi connectivity index (χ3v) is 4.12. The number of benzene rings is 1. The van der Waals surface area contributed by atoms with E-state index < -0.39 is 0 Å². The molecule has 1 aromatic carbocycles. The second kappa shape index (κ2) is 9.05. The van der Waals surface area contributed by atoms with E-state index in [9.17, 15) is 0 Å². The summed E-state index contributed by atoms with van der Waals surface area (Å²) >= 11 is 0. The van der Waals surface area contributed by atoms with E-state index in [1.54, 1.807) is 0 Å². The van der Waals surface area contributed by atoms with Crippen LogP contribution in [-0.4, -0.2) is 29.1 Å². The van der Waals surface area contributed by atoms with Gasteiger partial charge in [0.25, 0.3) is 0 Å². The van der Waals surface area contributed by atoms with Crippen molar-refractivity contribution in [3.05, 3.63) is 52.9 Å². The lowest BCUT2D eigenvalue weighted by Crippen LogP contribution is -2.44. The van der Waals surface area contributed by atoms with Crippen molar-refractivity contribution in [2.45, 2.75) is 39.8 Å². The first-order valence-corrected chi connectivity index (χ1v) is 8.34. The Balaban J connectivity index is 0.00000208. The Kier molecular flexibility index (Phi) is 7.08. The van der Waals surface area contributed by atoms with Crippen molar-refractivity contribution in [3.63, 3.8) is 0 Å². The largest absolute Gasteiger partial charge is 0.359 e. The van der Waals surface area contributed by atoms with Crippen molar-refractivity contribution in [2.24, 2.45) is 4.99 Å². The molecule has 130 valence electrons. The second-order valence-corrected chi connectivity index (χ2v) is 5.75. The van der Waals surface area contributed by atoms with Crippen LogP contribution in [0.2, 0.25) is 0 Å². The van der Waals surface area contributed by atoms with E-state index >= 15 is 0 Å².